The minimum absolute atomic E-state index is 0.215. The van der Waals surface area contributed by atoms with Gasteiger partial charge in [0.2, 0.25) is 17.7 Å². The Morgan fingerprint density at radius 1 is 1.10 bits per heavy atom. The molecule has 9 nitrogen and oxygen atoms in total. The summed E-state index contributed by atoms with van der Waals surface area (Å²) < 4.78 is 0. The van der Waals surface area contributed by atoms with E-state index in [2.05, 4.69) is 16.0 Å². The third-order valence-corrected chi connectivity index (χ3v) is 5.53. The van der Waals surface area contributed by atoms with Crippen LogP contribution < -0.4 is 16.0 Å². The van der Waals surface area contributed by atoms with Crippen molar-refractivity contribution in [3.63, 3.8) is 0 Å². The first-order valence-corrected chi connectivity index (χ1v) is 10.3. The number of benzene rings is 1. The van der Waals surface area contributed by atoms with Crippen molar-refractivity contribution < 1.29 is 24.3 Å². The van der Waals surface area contributed by atoms with E-state index in [0.717, 1.165) is 24.9 Å². The second-order valence-corrected chi connectivity index (χ2v) is 7.70. The number of carboxylic acid groups (broad SMARTS) is 1. The molecule has 0 aromatic heterocycles. The summed E-state index contributed by atoms with van der Waals surface area (Å²) in [7, 11) is 0. The molecule has 0 aliphatic carbocycles. The maximum atomic E-state index is 13.3. The van der Waals surface area contributed by atoms with Crippen LogP contribution in [0.5, 0.6) is 0 Å². The predicted octanol–water partition coefficient (Wildman–Crippen LogP) is -0.342. The molecule has 3 rings (SSSR count). The smallest absolute Gasteiger partial charge is 0.322 e. The molecular formula is C21H28N4O5. The summed E-state index contributed by atoms with van der Waals surface area (Å²) in [5, 5.41) is 17.1. The number of likely N-dealkylation sites (tertiary alicyclic amines) is 1. The molecule has 2 heterocycles. The second-order valence-electron chi connectivity index (χ2n) is 7.70. The van der Waals surface area contributed by atoms with Crippen molar-refractivity contribution in [3.05, 3.63) is 35.9 Å². The van der Waals surface area contributed by atoms with E-state index in [-0.39, 0.29) is 17.9 Å². The second kappa shape index (κ2) is 10.2. The van der Waals surface area contributed by atoms with E-state index in [1.165, 1.54) is 4.90 Å². The number of nitrogens with zero attached hydrogens (tertiary/aromatic N) is 1. The van der Waals surface area contributed by atoms with E-state index in [4.69, 9.17) is 5.11 Å². The first-order valence-electron chi connectivity index (χ1n) is 10.3. The average Bonchev–Trinajstić information content (AvgIpc) is 3.43. The maximum absolute atomic E-state index is 13.3. The van der Waals surface area contributed by atoms with Crippen molar-refractivity contribution in [2.24, 2.45) is 0 Å². The zero-order valence-electron chi connectivity index (χ0n) is 16.8. The molecule has 30 heavy (non-hydrogen) atoms. The van der Waals surface area contributed by atoms with E-state index >= 15 is 0 Å². The Balaban J connectivity index is 1.73. The fourth-order valence-corrected chi connectivity index (χ4v) is 4.01. The van der Waals surface area contributed by atoms with Crippen molar-refractivity contribution in [1.82, 2.24) is 20.9 Å². The van der Waals surface area contributed by atoms with Crippen molar-refractivity contribution in [2.45, 2.75) is 50.2 Å². The number of aliphatic carboxylic acids is 1. The summed E-state index contributed by atoms with van der Waals surface area (Å²) in [6.45, 7) is 0.676. The van der Waals surface area contributed by atoms with E-state index in [9.17, 15) is 19.2 Å². The zero-order valence-corrected chi connectivity index (χ0v) is 16.8. The maximum Gasteiger partial charge on any atom is 0.322 e. The quantitative estimate of drug-likeness (QED) is 0.459. The van der Waals surface area contributed by atoms with Crippen molar-refractivity contribution in [2.75, 3.05) is 19.6 Å². The standard InChI is InChI=1S/C21H28N4O5/c26-18(27)13-23-20(29)17-9-5-11-25(17)21(30)16(12-14-6-2-1-3-7-14)24-19(28)15-8-4-10-22-15/h1-3,6-7,15-17,22H,4-5,8-13H2,(H,23,29)(H,24,28)(H,26,27)/t15-,16+,17-/m0/s1. The van der Waals surface area contributed by atoms with Crippen LogP contribution in [0.1, 0.15) is 31.2 Å². The van der Waals surface area contributed by atoms with Crippen molar-refractivity contribution in [1.29, 1.82) is 0 Å². The lowest BCUT2D eigenvalue weighted by Gasteiger charge is -2.29. The molecule has 2 aliphatic heterocycles. The van der Waals surface area contributed by atoms with Gasteiger partial charge in [0.25, 0.3) is 0 Å². The van der Waals surface area contributed by atoms with Gasteiger partial charge in [0.05, 0.1) is 6.04 Å². The SMILES string of the molecule is O=C(O)CNC(=O)[C@@H]1CCCN1C(=O)[C@@H](Cc1ccccc1)NC(=O)[C@@H]1CCCN1. The van der Waals surface area contributed by atoms with Gasteiger partial charge in [0.15, 0.2) is 0 Å². The normalized spacial score (nSPS) is 21.8. The Hall–Kier alpha value is -2.94. The highest BCUT2D eigenvalue weighted by Gasteiger charge is 2.38. The Morgan fingerprint density at radius 3 is 2.53 bits per heavy atom. The van der Waals surface area contributed by atoms with Crippen molar-refractivity contribution >= 4 is 23.7 Å². The van der Waals surface area contributed by atoms with Crippen LogP contribution in [0.4, 0.5) is 0 Å². The summed E-state index contributed by atoms with van der Waals surface area (Å²) in [5.41, 5.74) is 0.904. The van der Waals surface area contributed by atoms with Crippen LogP contribution in [0.3, 0.4) is 0 Å². The minimum Gasteiger partial charge on any atom is -0.480 e. The molecule has 0 spiro atoms. The summed E-state index contributed by atoms with van der Waals surface area (Å²) in [4.78, 5) is 50.6. The molecular weight excluding hydrogens is 388 g/mol. The number of carboxylic acids is 1. The molecule has 3 amide bonds. The third kappa shape index (κ3) is 5.56. The van der Waals surface area contributed by atoms with Gasteiger partial charge in [0.1, 0.15) is 18.6 Å². The van der Waals surface area contributed by atoms with Crippen LogP contribution in [0.25, 0.3) is 0 Å². The predicted molar refractivity (Wildman–Crippen MR) is 108 cm³/mol. The number of hydrogen-bond donors (Lipinski definition) is 4. The number of nitrogens with one attached hydrogen (secondary N) is 3. The molecule has 9 heteroatoms. The molecule has 0 bridgehead atoms. The zero-order chi connectivity index (χ0) is 21.5. The Kier molecular flexibility index (Phi) is 7.40. The van der Waals surface area contributed by atoms with E-state index in [1.54, 1.807) is 0 Å². The monoisotopic (exact) mass is 416 g/mol. The lowest BCUT2D eigenvalue weighted by Crippen LogP contribution is -2.56. The van der Waals surface area contributed by atoms with Crippen LogP contribution >= 0.6 is 0 Å². The third-order valence-electron chi connectivity index (χ3n) is 5.53. The van der Waals surface area contributed by atoms with E-state index in [0.29, 0.717) is 25.8 Å². The Bertz CT molecular complexity index is 779. The fraction of sp³-hybridized carbons (Fsp3) is 0.524. The summed E-state index contributed by atoms with van der Waals surface area (Å²) in [6, 6.07) is 7.56. The van der Waals surface area contributed by atoms with Gasteiger partial charge in [-0.3, -0.25) is 19.2 Å². The molecule has 0 saturated carbocycles. The van der Waals surface area contributed by atoms with Crippen LogP contribution in [0.15, 0.2) is 30.3 Å². The highest BCUT2D eigenvalue weighted by atomic mass is 16.4. The lowest BCUT2D eigenvalue weighted by molar-refractivity contribution is -0.142. The van der Waals surface area contributed by atoms with Crippen LogP contribution in [-0.2, 0) is 25.6 Å². The molecule has 1 aromatic carbocycles. The first kappa shape index (κ1) is 21.8. The van der Waals surface area contributed by atoms with Gasteiger partial charge in [-0.15, -0.1) is 0 Å². The minimum atomic E-state index is -1.14. The number of carbonyl (C=O) groups excluding carboxylic acids is 3. The van der Waals surface area contributed by atoms with E-state index in [1.807, 2.05) is 30.3 Å². The summed E-state index contributed by atoms with van der Waals surface area (Å²) >= 11 is 0. The highest BCUT2D eigenvalue weighted by molar-refractivity contribution is 5.94. The molecule has 4 N–H and O–H groups in total. The number of carbonyl (C=O) groups is 4. The number of amides is 3. The van der Waals surface area contributed by atoms with Crippen LogP contribution in [0.2, 0.25) is 0 Å². The van der Waals surface area contributed by atoms with Gasteiger partial charge in [-0.25, -0.2) is 0 Å². The van der Waals surface area contributed by atoms with Gasteiger partial charge in [-0.05, 0) is 37.8 Å². The molecule has 162 valence electrons. The molecule has 2 fully saturated rings. The van der Waals surface area contributed by atoms with Gasteiger partial charge < -0.3 is 26.0 Å². The number of hydrogen-bond acceptors (Lipinski definition) is 5. The number of rotatable bonds is 8. The molecule has 0 radical (unpaired) electrons. The van der Waals surface area contributed by atoms with Crippen LogP contribution in [-0.4, -0.2) is 71.5 Å². The molecule has 1 aromatic rings. The Morgan fingerprint density at radius 2 is 1.87 bits per heavy atom. The molecule has 2 saturated heterocycles. The fourth-order valence-electron chi connectivity index (χ4n) is 4.01. The van der Waals surface area contributed by atoms with Crippen molar-refractivity contribution in [3.8, 4) is 0 Å². The lowest BCUT2D eigenvalue weighted by atomic mass is 10.0. The largest absolute Gasteiger partial charge is 0.480 e. The van der Waals surface area contributed by atoms with Gasteiger partial charge in [-0.1, -0.05) is 30.3 Å². The van der Waals surface area contributed by atoms with Gasteiger partial charge in [0, 0.05) is 13.0 Å². The Labute approximate surface area is 175 Å². The van der Waals surface area contributed by atoms with Gasteiger partial charge >= 0.3 is 5.97 Å². The van der Waals surface area contributed by atoms with E-state index < -0.39 is 30.5 Å². The average molecular weight is 416 g/mol. The molecule has 3 atom stereocenters. The van der Waals surface area contributed by atoms with Gasteiger partial charge in [-0.2, -0.15) is 0 Å². The van der Waals surface area contributed by atoms with Crippen LogP contribution in [0, 0.1) is 0 Å². The summed E-state index contributed by atoms with van der Waals surface area (Å²) in [6.07, 6.45) is 3.06. The molecule has 0 unspecified atom stereocenters. The first-order chi connectivity index (χ1) is 14.5. The topological polar surface area (TPSA) is 128 Å². The molecule has 2 aliphatic rings. The highest BCUT2D eigenvalue weighted by Crippen LogP contribution is 2.20. The summed E-state index contributed by atoms with van der Waals surface area (Å²) in [5.74, 6) is -2.16.